The first-order chi connectivity index (χ1) is 11.4. The van der Waals surface area contributed by atoms with Gasteiger partial charge in [-0.05, 0) is 13.8 Å². The summed E-state index contributed by atoms with van der Waals surface area (Å²) in [5.41, 5.74) is -0.0368. The van der Waals surface area contributed by atoms with Gasteiger partial charge in [0.05, 0.1) is 29.1 Å². The number of hydrogen-bond acceptors (Lipinski definition) is 7. The zero-order valence-corrected chi connectivity index (χ0v) is 13.1. The second kappa shape index (κ2) is 6.91. The molecule has 0 amide bonds. The van der Waals surface area contributed by atoms with Crippen LogP contribution < -0.4 is 0 Å². The Kier molecular flexibility index (Phi) is 4.94. The quantitative estimate of drug-likeness (QED) is 0.514. The fourth-order valence-electron chi connectivity index (χ4n) is 2.68. The highest BCUT2D eigenvalue weighted by Gasteiger charge is 2.43. The smallest absolute Gasteiger partial charge is 0.338 e. The Morgan fingerprint density at radius 2 is 2.17 bits per heavy atom. The van der Waals surface area contributed by atoms with E-state index in [1.165, 1.54) is 25.1 Å². The number of esters is 1. The molecule has 1 aliphatic heterocycles. The van der Waals surface area contributed by atoms with Crippen LogP contribution in [0.15, 0.2) is 35.6 Å². The third-order valence-corrected chi connectivity index (χ3v) is 3.67. The van der Waals surface area contributed by atoms with Crippen LogP contribution in [0.2, 0.25) is 0 Å². The molecule has 1 aromatic carbocycles. The number of hydrogen-bond donors (Lipinski definition) is 1. The van der Waals surface area contributed by atoms with Crippen molar-refractivity contribution in [1.82, 2.24) is 0 Å². The molecule has 1 N–H and O–H groups in total. The second-order valence-electron chi connectivity index (χ2n) is 5.06. The number of nitrogens with one attached hydrogen (secondary N) is 1. The van der Waals surface area contributed by atoms with E-state index in [4.69, 9.17) is 14.9 Å². The van der Waals surface area contributed by atoms with Crippen LogP contribution in [0.3, 0.4) is 0 Å². The number of nitrogens with zero attached hydrogens (tertiary/aromatic N) is 2. The number of allylic oxidation sites excluding steroid dienone is 1. The molecule has 0 saturated carbocycles. The van der Waals surface area contributed by atoms with Gasteiger partial charge in [0.15, 0.2) is 0 Å². The lowest BCUT2D eigenvalue weighted by Crippen LogP contribution is -2.33. The van der Waals surface area contributed by atoms with Crippen LogP contribution in [0.25, 0.3) is 0 Å². The molecule has 0 radical (unpaired) electrons. The molecule has 0 saturated heterocycles. The highest BCUT2D eigenvalue weighted by Crippen LogP contribution is 2.42. The van der Waals surface area contributed by atoms with E-state index in [9.17, 15) is 20.2 Å². The van der Waals surface area contributed by atoms with Gasteiger partial charge in [-0.1, -0.05) is 18.2 Å². The molecular formula is C16H15N3O5. The number of carbonyl (C=O) groups is 1. The Labute approximate surface area is 138 Å². The molecule has 0 aliphatic carbocycles. The molecule has 0 aromatic heterocycles. The van der Waals surface area contributed by atoms with Crippen LogP contribution in [0, 0.1) is 32.8 Å². The molecule has 2 atom stereocenters. The standard InChI is InChI=1S/C16H15N3O5/c1-3-23-16(20)13-9(2)24-15(18)11(8-17)14(13)10-6-4-5-7-12(10)19(21)22/h4-7,11,14,18H,3H2,1-2H3. The Hall–Kier alpha value is -3.21. The highest BCUT2D eigenvalue weighted by atomic mass is 16.6. The number of rotatable bonds is 4. The highest BCUT2D eigenvalue weighted by molar-refractivity contribution is 5.96. The molecule has 1 aliphatic rings. The van der Waals surface area contributed by atoms with E-state index in [0.717, 1.165) is 0 Å². The normalized spacial score (nSPS) is 20.1. The van der Waals surface area contributed by atoms with Gasteiger partial charge in [0.25, 0.3) is 5.69 Å². The summed E-state index contributed by atoms with van der Waals surface area (Å²) < 4.78 is 10.2. The van der Waals surface area contributed by atoms with Crippen LogP contribution >= 0.6 is 0 Å². The number of nitro groups is 1. The maximum atomic E-state index is 12.3. The van der Waals surface area contributed by atoms with Crippen molar-refractivity contribution in [3.8, 4) is 6.07 Å². The summed E-state index contributed by atoms with van der Waals surface area (Å²) in [6, 6.07) is 7.74. The van der Waals surface area contributed by atoms with Crippen molar-refractivity contribution in [2.24, 2.45) is 5.92 Å². The van der Waals surface area contributed by atoms with Gasteiger partial charge in [0, 0.05) is 11.6 Å². The summed E-state index contributed by atoms with van der Waals surface area (Å²) >= 11 is 0. The minimum Gasteiger partial charge on any atom is -0.463 e. The van der Waals surface area contributed by atoms with E-state index in [2.05, 4.69) is 0 Å². The summed E-state index contributed by atoms with van der Waals surface area (Å²) in [7, 11) is 0. The predicted molar refractivity (Wildman–Crippen MR) is 83.1 cm³/mol. The van der Waals surface area contributed by atoms with E-state index in [-0.39, 0.29) is 35.1 Å². The number of ether oxygens (including phenoxy) is 2. The van der Waals surface area contributed by atoms with Crippen molar-refractivity contribution in [2.45, 2.75) is 19.8 Å². The lowest BCUT2D eigenvalue weighted by atomic mass is 9.78. The first-order valence-electron chi connectivity index (χ1n) is 7.19. The van der Waals surface area contributed by atoms with E-state index >= 15 is 0 Å². The summed E-state index contributed by atoms with van der Waals surface area (Å²) in [5.74, 6) is -3.13. The number of benzene rings is 1. The van der Waals surface area contributed by atoms with Crippen molar-refractivity contribution in [2.75, 3.05) is 6.61 Å². The van der Waals surface area contributed by atoms with E-state index in [1.54, 1.807) is 13.0 Å². The molecule has 1 heterocycles. The van der Waals surface area contributed by atoms with E-state index < -0.39 is 22.7 Å². The maximum Gasteiger partial charge on any atom is 0.338 e. The first-order valence-corrected chi connectivity index (χ1v) is 7.19. The van der Waals surface area contributed by atoms with Crippen molar-refractivity contribution in [3.63, 3.8) is 0 Å². The van der Waals surface area contributed by atoms with Gasteiger partial charge in [-0.15, -0.1) is 0 Å². The monoisotopic (exact) mass is 329 g/mol. The van der Waals surface area contributed by atoms with Crippen LogP contribution in [-0.4, -0.2) is 23.4 Å². The third-order valence-electron chi connectivity index (χ3n) is 3.67. The zero-order chi connectivity index (χ0) is 17.9. The average molecular weight is 329 g/mol. The average Bonchev–Trinajstić information content (AvgIpc) is 2.54. The molecular weight excluding hydrogens is 314 g/mol. The SMILES string of the molecule is CCOC(=O)C1=C(C)OC(=N)C(C#N)C1c1ccccc1[N+](=O)[O-]. The second-order valence-corrected chi connectivity index (χ2v) is 5.06. The van der Waals surface area contributed by atoms with Crippen molar-refractivity contribution in [3.05, 3.63) is 51.3 Å². The largest absolute Gasteiger partial charge is 0.463 e. The molecule has 0 fully saturated rings. The van der Waals surface area contributed by atoms with Gasteiger partial charge in [-0.3, -0.25) is 15.5 Å². The zero-order valence-electron chi connectivity index (χ0n) is 13.1. The summed E-state index contributed by atoms with van der Waals surface area (Å²) in [6.45, 7) is 3.20. The molecule has 8 heteroatoms. The van der Waals surface area contributed by atoms with E-state index in [0.29, 0.717) is 0 Å². The Balaban J connectivity index is 2.71. The van der Waals surface area contributed by atoms with Gasteiger partial charge >= 0.3 is 5.97 Å². The molecule has 2 rings (SSSR count). The Morgan fingerprint density at radius 3 is 2.75 bits per heavy atom. The third kappa shape index (κ3) is 2.96. The van der Waals surface area contributed by atoms with Crippen molar-refractivity contribution < 1.29 is 19.2 Å². The molecule has 1 aromatic rings. The summed E-state index contributed by atoms with van der Waals surface area (Å²) in [4.78, 5) is 23.1. The topological polar surface area (TPSA) is 126 Å². The molecule has 124 valence electrons. The number of nitriles is 1. The van der Waals surface area contributed by atoms with Crippen LogP contribution in [0.5, 0.6) is 0 Å². The molecule has 24 heavy (non-hydrogen) atoms. The maximum absolute atomic E-state index is 12.3. The Morgan fingerprint density at radius 1 is 1.50 bits per heavy atom. The minimum absolute atomic E-state index is 0.0219. The van der Waals surface area contributed by atoms with Gasteiger partial charge in [-0.2, -0.15) is 5.26 Å². The fraction of sp³-hybridized carbons (Fsp3) is 0.312. The molecule has 2 unspecified atom stereocenters. The number of para-hydroxylation sites is 1. The summed E-state index contributed by atoms with van der Waals surface area (Å²) in [5, 5.41) is 28.6. The Bertz CT molecular complexity index is 778. The predicted octanol–water partition coefficient (Wildman–Crippen LogP) is 2.66. The first kappa shape index (κ1) is 17.1. The van der Waals surface area contributed by atoms with Crippen molar-refractivity contribution in [1.29, 1.82) is 10.7 Å². The minimum atomic E-state index is -1.16. The molecule has 0 bridgehead atoms. The lowest BCUT2D eigenvalue weighted by Gasteiger charge is -2.30. The van der Waals surface area contributed by atoms with Gasteiger partial charge < -0.3 is 9.47 Å². The van der Waals surface area contributed by atoms with E-state index in [1.807, 2.05) is 6.07 Å². The summed E-state index contributed by atoms with van der Waals surface area (Å²) in [6.07, 6.45) is 0. The van der Waals surface area contributed by atoms with Crippen LogP contribution in [0.1, 0.15) is 25.3 Å². The van der Waals surface area contributed by atoms with Crippen molar-refractivity contribution >= 4 is 17.6 Å². The van der Waals surface area contributed by atoms with Crippen LogP contribution in [-0.2, 0) is 14.3 Å². The molecule has 8 nitrogen and oxygen atoms in total. The van der Waals surface area contributed by atoms with Gasteiger partial charge in [0.1, 0.15) is 11.7 Å². The number of nitro benzene ring substituents is 1. The van der Waals surface area contributed by atoms with Gasteiger partial charge in [-0.25, -0.2) is 4.79 Å². The fourth-order valence-corrected chi connectivity index (χ4v) is 2.68. The number of carbonyl (C=O) groups excluding carboxylic acids is 1. The van der Waals surface area contributed by atoms with Crippen LogP contribution in [0.4, 0.5) is 5.69 Å². The molecule has 0 spiro atoms. The van der Waals surface area contributed by atoms with Gasteiger partial charge in [0.2, 0.25) is 5.90 Å². The lowest BCUT2D eigenvalue weighted by molar-refractivity contribution is -0.385.